The maximum atomic E-state index is 13.8. The number of nitrogens with two attached hydrogens (primary N) is 1. The van der Waals surface area contributed by atoms with E-state index in [4.69, 9.17) is 22.1 Å². The predicted octanol–water partition coefficient (Wildman–Crippen LogP) is 3.73. The van der Waals surface area contributed by atoms with Crippen LogP contribution in [0.3, 0.4) is 0 Å². The highest BCUT2D eigenvalue weighted by atomic mass is 35.5. The molecular formula is C13H9ClFN3O. The molecule has 0 unspecified atom stereocenters. The van der Waals surface area contributed by atoms with Gasteiger partial charge in [0.1, 0.15) is 11.4 Å². The van der Waals surface area contributed by atoms with Gasteiger partial charge in [-0.1, -0.05) is 11.6 Å². The van der Waals surface area contributed by atoms with Crippen LogP contribution < -0.4 is 10.5 Å². The van der Waals surface area contributed by atoms with Crippen molar-refractivity contribution >= 4 is 28.3 Å². The Balaban J connectivity index is 2.06. The van der Waals surface area contributed by atoms with Crippen LogP contribution in [-0.2, 0) is 0 Å². The van der Waals surface area contributed by atoms with E-state index in [2.05, 4.69) is 9.97 Å². The summed E-state index contributed by atoms with van der Waals surface area (Å²) in [6.07, 6.45) is 3.31. The molecule has 2 aromatic heterocycles. The number of fused-ring (bicyclic) bond motifs is 1. The summed E-state index contributed by atoms with van der Waals surface area (Å²) in [4.78, 5) is 7.07. The predicted molar refractivity (Wildman–Crippen MR) is 72.0 cm³/mol. The van der Waals surface area contributed by atoms with E-state index >= 15 is 0 Å². The summed E-state index contributed by atoms with van der Waals surface area (Å²) in [5.74, 6) is -0.0544. The van der Waals surface area contributed by atoms with Crippen LogP contribution in [0.4, 0.5) is 10.1 Å². The molecule has 0 aliphatic heterocycles. The quantitative estimate of drug-likeness (QED) is 0.702. The molecule has 0 bridgehead atoms. The van der Waals surface area contributed by atoms with Gasteiger partial charge in [0.25, 0.3) is 0 Å². The minimum Gasteiger partial charge on any atom is -0.453 e. The number of hydrogen-bond donors (Lipinski definition) is 2. The lowest BCUT2D eigenvalue weighted by molar-refractivity contribution is 0.446. The first kappa shape index (κ1) is 11.8. The fraction of sp³-hybridized carbons (Fsp3) is 0. The smallest absolute Gasteiger partial charge is 0.167 e. The summed E-state index contributed by atoms with van der Waals surface area (Å²) in [5.41, 5.74) is 6.35. The Bertz CT molecular complexity index is 757. The molecule has 6 heteroatoms. The summed E-state index contributed by atoms with van der Waals surface area (Å²) in [6.45, 7) is 0. The fourth-order valence-corrected chi connectivity index (χ4v) is 1.92. The number of nitrogen functional groups attached to an aromatic ring is 1. The van der Waals surface area contributed by atoms with Crippen LogP contribution in [0.25, 0.3) is 11.0 Å². The van der Waals surface area contributed by atoms with Crippen LogP contribution in [0.1, 0.15) is 0 Å². The van der Waals surface area contributed by atoms with E-state index in [9.17, 15) is 4.39 Å². The number of halogens is 2. The SMILES string of the molecule is Nc1cc(F)c(Oc2ccnc3[nH]ccc23)cc1Cl. The average molecular weight is 278 g/mol. The molecule has 4 nitrogen and oxygen atoms in total. The van der Waals surface area contributed by atoms with E-state index in [1.165, 1.54) is 6.07 Å². The van der Waals surface area contributed by atoms with Gasteiger partial charge in [-0.25, -0.2) is 9.37 Å². The molecule has 96 valence electrons. The third kappa shape index (κ3) is 2.08. The molecule has 0 atom stereocenters. The fourth-order valence-electron chi connectivity index (χ4n) is 1.77. The van der Waals surface area contributed by atoms with Crippen LogP contribution in [0.15, 0.2) is 36.7 Å². The number of nitrogens with one attached hydrogen (secondary N) is 1. The normalized spacial score (nSPS) is 10.8. The van der Waals surface area contributed by atoms with Crippen molar-refractivity contribution in [3.63, 3.8) is 0 Å². The first-order valence-electron chi connectivity index (χ1n) is 5.49. The monoisotopic (exact) mass is 277 g/mol. The number of aromatic nitrogens is 2. The van der Waals surface area contributed by atoms with E-state index in [1.807, 2.05) is 0 Å². The Morgan fingerprint density at radius 1 is 1.26 bits per heavy atom. The molecule has 3 rings (SSSR count). The van der Waals surface area contributed by atoms with E-state index in [0.717, 1.165) is 11.5 Å². The lowest BCUT2D eigenvalue weighted by Gasteiger charge is -2.09. The second kappa shape index (κ2) is 4.44. The van der Waals surface area contributed by atoms with E-state index in [-0.39, 0.29) is 16.5 Å². The maximum absolute atomic E-state index is 13.8. The Labute approximate surface area is 113 Å². The van der Waals surface area contributed by atoms with Crippen LogP contribution in [0, 0.1) is 5.82 Å². The van der Waals surface area contributed by atoms with Crippen molar-refractivity contribution in [3.05, 3.63) is 47.5 Å². The van der Waals surface area contributed by atoms with Crippen LogP contribution in [0.5, 0.6) is 11.5 Å². The highest BCUT2D eigenvalue weighted by molar-refractivity contribution is 6.33. The van der Waals surface area contributed by atoms with Crippen LogP contribution >= 0.6 is 11.6 Å². The Morgan fingerprint density at radius 3 is 2.95 bits per heavy atom. The number of aromatic amines is 1. The average Bonchev–Trinajstić information content (AvgIpc) is 2.85. The zero-order valence-electron chi connectivity index (χ0n) is 9.65. The molecular weight excluding hydrogens is 269 g/mol. The lowest BCUT2D eigenvalue weighted by Crippen LogP contribution is -1.93. The summed E-state index contributed by atoms with van der Waals surface area (Å²) in [6, 6.07) is 5.94. The number of anilines is 1. The molecule has 0 aliphatic rings. The minimum atomic E-state index is -0.567. The van der Waals surface area contributed by atoms with Gasteiger partial charge >= 0.3 is 0 Å². The Kier molecular flexibility index (Phi) is 2.76. The third-order valence-corrected chi connectivity index (χ3v) is 3.02. The van der Waals surface area contributed by atoms with Crippen molar-refractivity contribution in [3.8, 4) is 11.5 Å². The van der Waals surface area contributed by atoms with Gasteiger partial charge < -0.3 is 15.5 Å². The van der Waals surface area contributed by atoms with E-state index in [0.29, 0.717) is 11.4 Å². The topological polar surface area (TPSA) is 63.9 Å². The third-order valence-electron chi connectivity index (χ3n) is 2.69. The molecule has 0 spiro atoms. The molecule has 0 saturated carbocycles. The lowest BCUT2D eigenvalue weighted by atomic mass is 10.3. The van der Waals surface area contributed by atoms with Gasteiger partial charge in [-0.05, 0) is 12.1 Å². The van der Waals surface area contributed by atoms with Gasteiger partial charge in [0.05, 0.1) is 16.1 Å². The highest BCUT2D eigenvalue weighted by Gasteiger charge is 2.11. The second-order valence-corrected chi connectivity index (χ2v) is 4.36. The molecule has 0 radical (unpaired) electrons. The standard InChI is InChI=1S/C13H9ClFN3O/c14-8-5-12(9(15)6-10(8)16)19-11-2-4-18-13-7(11)1-3-17-13/h1-6H,16H2,(H,17,18). The molecule has 3 aromatic rings. The number of pyridine rings is 1. The van der Waals surface area contributed by atoms with Gasteiger partial charge in [0.2, 0.25) is 0 Å². The van der Waals surface area contributed by atoms with Crippen molar-refractivity contribution in [2.75, 3.05) is 5.73 Å². The first-order valence-corrected chi connectivity index (χ1v) is 5.87. The molecule has 0 saturated heterocycles. The van der Waals surface area contributed by atoms with Gasteiger partial charge in [-0.2, -0.15) is 0 Å². The Morgan fingerprint density at radius 2 is 2.11 bits per heavy atom. The van der Waals surface area contributed by atoms with E-state index < -0.39 is 5.82 Å². The zero-order chi connectivity index (χ0) is 13.4. The van der Waals surface area contributed by atoms with Crippen molar-refractivity contribution in [1.29, 1.82) is 0 Å². The number of ether oxygens (including phenoxy) is 1. The molecule has 1 aromatic carbocycles. The van der Waals surface area contributed by atoms with Crippen molar-refractivity contribution in [1.82, 2.24) is 9.97 Å². The Hall–Kier alpha value is -2.27. The van der Waals surface area contributed by atoms with Crippen molar-refractivity contribution in [2.45, 2.75) is 0 Å². The van der Waals surface area contributed by atoms with E-state index in [1.54, 1.807) is 24.5 Å². The van der Waals surface area contributed by atoms with Gasteiger partial charge in [-0.3, -0.25) is 0 Å². The van der Waals surface area contributed by atoms with Crippen molar-refractivity contribution < 1.29 is 9.13 Å². The second-order valence-electron chi connectivity index (χ2n) is 3.96. The molecule has 2 heterocycles. The van der Waals surface area contributed by atoms with Crippen LogP contribution in [-0.4, -0.2) is 9.97 Å². The first-order chi connectivity index (χ1) is 9.15. The maximum Gasteiger partial charge on any atom is 0.167 e. The summed E-state index contributed by atoms with van der Waals surface area (Å²) in [7, 11) is 0. The largest absolute Gasteiger partial charge is 0.453 e. The van der Waals surface area contributed by atoms with Crippen molar-refractivity contribution in [2.24, 2.45) is 0 Å². The molecule has 0 fully saturated rings. The minimum absolute atomic E-state index is 0.0212. The zero-order valence-corrected chi connectivity index (χ0v) is 10.4. The molecule has 3 N–H and O–H groups in total. The molecule has 0 aliphatic carbocycles. The summed E-state index contributed by atoms with van der Waals surface area (Å²) >= 11 is 5.86. The molecule has 19 heavy (non-hydrogen) atoms. The highest BCUT2D eigenvalue weighted by Crippen LogP contribution is 2.33. The van der Waals surface area contributed by atoms with Gasteiger partial charge in [0.15, 0.2) is 11.6 Å². The number of hydrogen-bond acceptors (Lipinski definition) is 3. The number of H-pyrrole nitrogens is 1. The number of nitrogens with zero attached hydrogens (tertiary/aromatic N) is 1. The number of rotatable bonds is 2. The molecule has 0 amide bonds. The van der Waals surface area contributed by atoms with Gasteiger partial charge in [0, 0.05) is 24.5 Å². The summed E-state index contributed by atoms with van der Waals surface area (Å²) < 4.78 is 19.3. The van der Waals surface area contributed by atoms with Crippen LogP contribution in [0.2, 0.25) is 5.02 Å². The number of benzene rings is 1. The summed E-state index contributed by atoms with van der Waals surface area (Å²) in [5, 5.41) is 1.01. The van der Waals surface area contributed by atoms with Gasteiger partial charge in [-0.15, -0.1) is 0 Å².